The second-order valence-corrected chi connectivity index (χ2v) is 3.90. The second kappa shape index (κ2) is 5.82. The Morgan fingerprint density at radius 3 is 2.89 bits per heavy atom. The molecule has 1 aromatic carbocycles. The maximum Gasteiger partial charge on any atom is 0.224 e. The summed E-state index contributed by atoms with van der Waals surface area (Å²) in [6.07, 6.45) is 5.56. The summed E-state index contributed by atoms with van der Waals surface area (Å²) in [5, 5.41) is 6.97. The molecule has 0 radical (unpaired) electrons. The largest absolute Gasteiger partial charge is 0.352 e. The summed E-state index contributed by atoms with van der Waals surface area (Å²) < 4.78 is 1.76. The Hall–Kier alpha value is -2.36. The fraction of sp³-hybridized carbons (Fsp3) is 0.143. The zero-order valence-corrected chi connectivity index (χ0v) is 10.0. The van der Waals surface area contributed by atoms with Gasteiger partial charge in [0, 0.05) is 12.7 Å². The molecule has 0 fully saturated rings. The van der Waals surface area contributed by atoms with E-state index in [1.165, 1.54) is 0 Å². The standard InChI is InChI=1S/C14H15N3O/c1-2-8-15-14(18)9-12-10-16-17(11-12)13-6-4-3-5-7-13/h2-7,10-11H,1,8-9H2,(H,15,18). The Kier molecular flexibility index (Phi) is 3.91. The molecule has 2 aromatic rings. The van der Waals surface area contributed by atoms with Gasteiger partial charge in [0.05, 0.1) is 18.3 Å². The van der Waals surface area contributed by atoms with Gasteiger partial charge in [-0.3, -0.25) is 4.79 Å². The summed E-state index contributed by atoms with van der Waals surface area (Å²) in [7, 11) is 0. The molecule has 0 saturated carbocycles. The fourth-order valence-corrected chi connectivity index (χ4v) is 1.61. The van der Waals surface area contributed by atoms with Crippen LogP contribution in [-0.2, 0) is 11.2 Å². The van der Waals surface area contributed by atoms with Gasteiger partial charge in [-0.25, -0.2) is 4.68 Å². The Balaban J connectivity index is 2.02. The maximum atomic E-state index is 11.5. The fourth-order valence-electron chi connectivity index (χ4n) is 1.61. The zero-order chi connectivity index (χ0) is 12.8. The molecule has 0 aliphatic carbocycles. The Morgan fingerprint density at radius 2 is 2.17 bits per heavy atom. The third kappa shape index (κ3) is 3.07. The summed E-state index contributed by atoms with van der Waals surface area (Å²) in [4.78, 5) is 11.5. The molecule has 1 N–H and O–H groups in total. The summed E-state index contributed by atoms with van der Waals surface area (Å²) in [5.74, 6) is -0.0255. The van der Waals surface area contributed by atoms with Crippen LogP contribution in [0.1, 0.15) is 5.56 Å². The van der Waals surface area contributed by atoms with Crippen LogP contribution in [-0.4, -0.2) is 22.2 Å². The molecule has 4 heteroatoms. The zero-order valence-electron chi connectivity index (χ0n) is 10.0. The predicted molar refractivity (Wildman–Crippen MR) is 70.5 cm³/mol. The molecular formula is C14H15N3O. The lowest BCUT2D eigenvalue weighted by molar-refractivity contribution is -0.120. The van der Waals surface area contributed by atoms with Crippen molar-refractivity contribution in [2.45, 2.75) is 6.42 Å². The van der Waals surface area contributed by atoms with E-state index in [9.17, 15) is 4.79 Å². The third-order valence-corrected chi connectivity index (χ3v) is 2.47. The monoisotopic (exact) mass is 241 g/mol. The summed E-state index contributed by atoms with van der Waals surface area (Å²) in [6.45, 7) is 4.04. The first-order valence-corrected chi connectivity index (χ1v) is 5.76. The van der Waals surface area contributed by atoms with Gasteiger partial charge in [0.2, 0.25) is 5.91 Å². The molecule has 1 heterocycles. The van der Waals surface area contributed by atoms with E-state index < -0.39 is 0 Å². The lowest BCUT2D eigenvalue weighted by Crippen LogP contribution is -2.24. The topological polar surface area (TPSA) is 46.9 Å². The molecule has 0 saturated heterocycles. The van der Waals surface area contributed by atoms with Crippen molar-refractivity contribution >= 4 is 5.91 Å². The SMILES string of the molecule is C=CCNC(=O)Cc1cnn(-c2ccccc2)c1. The molecule has 2 rings (SSSR count). The van der Waals surface area contributed by atoms with E-state index in [0.29, 0.717) is 13.0 Å². The first-order valence-electron chi connectivity index (χ1n) is 5.76. The number of para-hydroxylation sites is 1. The molecule has 0 aliphatic heterocycles. The predicted octanol–water partition coefficient (Wildman–Crippen LogP) is 1.72. The summed E-state index contributed by atoms with van der Waals surface area (Å²) in [5.41, 5.74) is 1.87. The highest BCUT2D eigenvalue weighted by Gasteiger charge is 2.05. The number of nitrogens with one attached hydrogen (secondary N) is 1. The molecule has 92 valence electrons. The van der Waals surface area contributed by atoms with Crippen molar-refractivity contribution in [1.29, 1.82) is 0 Å². The van der Waals surface area contributed by atoms with Gasteiger partial charge in [-0.1, -0.05) is 24.3 Å². The van der Waals surface area contributed by atoms with Gasteiger partial charge in [-0.05, 0) is 17.7 Å². The van der Waals surface area contributed by atoms with Crippen LogP contribution in [0, 0.1) is 0 Å². The number of amides is 1. The van der Waals surface area contributed by atoms with Gasteiger partial charge in [0.1, 0.15) is 0 Å². The van der Waals surface area contributed by atoms with E-state index in [1.54, 1.807) is 17.0 Å². The van der Waals surface area contributed by atoms with Crippen molar-refractivity contribution in [2.75, 3.05) is 6.54 Å². The number of aromatic nitrogens is 2. The first-order chi connectivity index (χ1) is 8.79. The first kappa shape index (κ1) is 12.1. The van der Waals surface area contributed by atoms with Crippen LogP contribution < -0.4 is 5.32 Å². The van der Waals surface area contributed by atoms with E-state index in [2.05, 4.69) is 17.0 Å². The van der Waals surface area contributed by atoms with Crippen molar-refractivity contribution < 1.29 is 4.79 Å². The van der Waals surface area contributed by atoms with Crippen molar-refractivity contribution in [3.8, 4) is 5.69 Å². The van der Waals surface area contributed by atoms with E-state index in [0.717, 1.165) is 11.3 Å². The smallest absolute Gasteiger partial charge is 0.224 e. The molecule has 0 atom stereocenters. The van der Waals surface area contributed by atoms with Crippen molar-refractivity contribution in [2.24, 2.45) is 0 Å². The van der Waals surface area contributed by atoms with Crippen molar-refractivity contribution in [1.82, 2.24) is 15.1 Å². The molecule has 0 spiro atoms. The highest BCUT2D eigenvalue weighted by Crippen LogP contribution is 2.07. The van der Waals surface area contributed by atoms with Crippen LogP contribution in [0.2, 0.25) is 0 Å². The second-order valence-electron chi connectivity index (χ2n) is 3.90. The minimum Gasteiger partial charge on any atom is -0.352 e. The number of hydrogen-bond acceptors (Lipinski definition) is 2. The van der Waals surface area contributed by atoms with Crippen LogP contribution in [0.5, 0.6) is 0 Å². The molecule has 0 bridgehead atoms. The van der Waals surface area contributed by atoms with Crippen LogP contribution in [0.15, 0.2) is 55.4 Å². The van der Waals surface area contributed by atoms with Crippen molar-refractivity contribution in [3.63, 3.8) is 0 Å². The Morgan fingerprint density at radius 1 is 1.39 bits per heavy atom. The van der Waals surface area contributed by atoms with Gasteiger partial charge in [0.15, 0.2) is 0 Å². The van der Waals surface area contributed by atoms with Crippen LogP contribution in [0.4, 0.5) is 0 Å². The average Bonchev–Trinajstić information content (AvgIpc) is 2.86. The van der Waals surface area contributed by atoms with Crippen molar-refractivity contribution in [3.05, 3.63) is 60.9 Å². The Bertz CT molecular complexity index is 531. The van der Waals surface area contributed by atoms with Gasteiger partial charge < -0.3 is 5.32 Å². The van der Waals surface area contributed by atoms with Gasteiger partial charge >= 0.3 is 0 Å². The molecule has 0 unspecified atom stereocenters. The third-order valence-electron chi connectivity index (χ3n) is 2.47. The van der Waals surface area contributed by atoms with E-state index >= 15 is 0 Å². The van der Waals surface area contributed by atoms with Crippen LogP contribution in [0.25, 0.3) is 5.69 Å². The number of rotatable bonds is 5. The normalized spacial score (nSPS) is 10.0. The minimum absolute atomic E-state index is 0.0255. The van der Waals surface area contributed by atoms with E-state index in [4.69, 9.17) is 0 Å². The molecule has 4 nitrogen and oxygen atoms in total. The summed E-state index contributed by atoms with van der Waals surface area (Å²) >= 11 is 0. The minimum atomic E-state index is -0.0255. The van der Waals surface area contributed by atoms with Gasteiger partial charge in [0.25, 0.3) is 0 Å². The van der Waals surface area contributed by atoms with Crippen LogP contribution >= 0.6 is 0 Å². The molecular weight excluding hydrogens is 226 g/mol. The average molecular weight is 241 g/mol. The number of benzene rings is 1. The highest BCUT2D eigenvalue weighted by atomic mass is 16.1. The Labute approximate surface area is 106 Å². The maximum absolute atomic E-state index is 11.5. The van der Waals surface area contributed by atoms with Crippen LogP contribution in [0.3, 0.4) is 0 Å². The molecule has 1 aromatic heterocycles. The highest BCUT2D eigenvalue weighted by molar-refractivity contribution is 5.78. The molecule has 0 aliphatic rings. The lowest BCUT2D eigenvalue weighted by atomic mass is 10.2. The number of carbonyl (C=O) groups excluding carboxylic acids is 1. The van der Waals surface area contributed by atoms with Gasteiger partial charge in [-0.15, -0.1) is 6.58 Å². The lowest BCUT2D eigenvalue weighted by Gasteiger charge is -2.00. The number of hydrogen-bond donors (Lipinski definition) is 1. The van der Waals surface area contributed by atoms with E-state index in [1.807, 2.05) is 36.5 Å². The van der Waals surface area contributed by atoms with E-state index in [-0.39, 0.29) is 5.91 Å². The quantitative estimate of drug-likeness (QED) is 0.810. The number of nitrogens with zero attached hydrogens (tertiary/aromatic N) is 2. The molecule has 1 amide bonds. The van der Waals surface area contributed by atoms with Gasteiger partial charge in [-0.2, -0.15) is 5.10 Å². The number of carbonyl (C=O) groups is 1. The summed E-state index contributed by atoms with van der Waals surface area (Å²) in [6, 6.07) is 9.79. The molecule has 18 heavy (non-hydrogen) atoms.